The van der Waals surface area contributed by atoms with Gasteiger partial charge in [-0.25, -0.2) is 0 Å². The highest BCUT2D eigenvalue weighted by molar-refractivity contribution is 5.62. The first-order valence-corrected chi connectivity index (χ1v) is 3.27. The van der Waals surface area contributed by atoms with Gasteiger partial charge >= 0.3 is 0 Å². The van der Waals surface area contributed by atoms with Crippen LogP contribution in [0.15, 0.2) is 17.3 Å². The smallest absolute Gasteiger partial charge is 0.0504 e. The van der Waals surface area contributed by atoms with Gasteiger partial charge in [0.15, 0.2) is 0 Å². The fourth-order valence-corrected chi connectivity index (χ4v) is 1.05. The standard InChI is InChI=1S/C7H11NO/c9-8-6-7-4-2-1-3-5-7/h2,4,6-7,9H,1,3,5H2. The Bertz CT molecular complexity index is 129. The van der Waals surface area contributed by atoms with Gasteiger partial charge in [-0.2, -0.15) is 0 Å². The molecule has 0 saturated carbocycles. The molecule has 1 rings (SSSR count). The maximum atomic E-state index is 8.15. The van der Waals surface area contributed by atoms with Crippen LogP contribution in [-0.2, 0) is 0 Å². The molecule has 0 radical (unpaired) electrons. The van der Waals surface area contributed by atoms with Crippen molar-refractivity contribution in [2.24, 2.45) is 11.1 Å². The van der Waals surface area contributed by atoms with Crippen molar-refractivity contribution in [3.05, 3.63) is 12.2 Å². The molecule has 0 aromatic rings. The fourth-order valence-electron chi connectivity index (χ4n) is 1.05. The van der Waals surface area contributed by atoms with Gasteiger partial charge < -0.3 is 5.21 Å². The summed E-state index contributed by atoms with van der Waals surface area (Å²) in [5.74, 6) is 0.378. The van der Waals surface area contributed by atoms with E-state index >= 15 is 0 Å². The Morgan fingerprint density at radius 3 is 3.11 bits per heavy atom. The maximum absolute atomic E-state index is 8.15. The van der Waals surface area contributed by atoms with Crippen LogP contribution in [0.25, 0.3) is 0 Å². The van der Waals surface area contributed by atoms with E-state index in [0.717, 1.165) is 6.42 Å². The van der Waals surface area contributed by atoms with Crippen molar-refractivity contribution in [2.45, 2.75) is 19.3 Å². The molecule has 1 atom stereocenters. The Kier molecular flexibility index (Phi) is 2.31. The van der Waals surface area contributed by atoms with E-state index in [2.05, 4.69) is 17.3 Å². The number of nitrogens with zero attached hydrogens (tertiary/aromatic N) is 1. The zero-order valence-electron chi connectivity index (χ0n) is 5.33. The van der Waals surface area contributed by atoms with Crippen molar-refractivity contribution in [3.63, 3.8) is 0 Å². The first kappa shape index (κ1) is 6.33. The lowest BCUT2D eigenvalue weighted by molar-refractivity contribution is 0.318. The van der Waals surface area contributed by atoms with E-state index in [9.17, 15) is 0 Å². The minimum atomic E-state index is 0.378. The molecule has 0 saturated heterocycles. The lowest BCUT2D eigenvalue weighted by Gasteiger charge is -2.08. The molecule has 0 aromatic carbocycles. The molecule has 0 fully saturated rings. The topological polar surface area (TPSA) is 32.6 Å². The summed E-state index contributed by atoms with van der Waals surface area (Å²) >= 11 is 0. The molecule has 0 heterocycles. The summed E-state index contributed by atoms with van der Waals surface area (Å²) in [6.07, 6.45) is 9.32. The van der Waals surface area contributed by atoms with E-state index in [4.69, 9.17) is 5.21 Å². The van der Waals surface area contributed by atoms with E-state index in [1.54, 1.807) is 6.21 Å². The first-order chi connectivity index (χ1) is 4.43. The zero-order chi connectivity index (χ0) is 6.53. The van der Waals surface area contributed by atoms with Gasteiger partial charge in [-0.05, 0) is 19.3 Å². The highest BCUT2D eigenvalue weighted by atomic mass is 16.4. The van der Waals surface area contributed by atoms with Crippen LogP contribution in [0.1, 0.15) is 19.3 Å². The Morgan fingerprint density at radius 2 is 2.56 bits per heavy atom. The second-order valence-electron chi connectivity index (χ2n) is 2.29. The second kappa shape index (κ2) is 3.28. The molecule has 1 N–H and O–H groups in total. The van der Waals surface area contributed by atoms with Gasteiger partial charge in [-0.3, -0.25) is 0 Å². The minimum Gasteiger partial charge on any atom is -0.411 e. The molecule has 1 aliphatic rings. The molecular formula is C7H11NO. The Labute approximate surface area is 54.9 Å². The lowest BCUT2D eigenvalue weighted by atomic mass is 9.97. The molecule has 1 aliphatic carbocycles. The highest BCUT2D eigenvalue weighted by Gasteiger charge is 2.03. The van der Waals surface area contributed by atoms with Crippen molar-refractivity contribution in [1.82, 2.24) is 0 Å². The lowest BCUT2D eigenvalue weighted by Crippen LogP contribution is -2.01. The SMILES string of the molecule is ON=CC1C=CCCC1. The molecule has 0 aliphatic heterocycles. The van der Waals surface area contributed by atoms with E-state index in [1.165, 1.54) is 12.8 Å². The van der Waals surface area contributed by atoms with Crippen LogP contribution in [0.2, 0.25) is 0 Å². The van der Waals surface area contributed by atoms with Crippen molar-refractivity contribution >= 4 is 6.21 Å². The van der Waals surface area contributed by atoms with Crippen molar-refractivity contribution < 1.29 is 5.21 Å². The van der Waals surface area contributed by atoms with Crippen LogP contribution in [0.3, 0.4) is 0 Å². The number of allylic oxidation sites excluding steroid dienone is 2. The van der Waals surface area contributed by atoms with Crippen molar-refractivity contribution in [3.8, 4) is 0 Å². The van der Waals surface area contributed by atoms with Crippen molar-refractivity contribution in [2.75, 3.05) is 0 Å². The van der Waals surface area contributed by atoms with Gasteiger partial charge in [-0.15, -0.1) is 5.16 Å². The maximum Gasteiger partial charge on any atom is 0.0504 e. The summed E-state index contributed by atoms with van der Waals surface area (Å²) in [5, 5.41) is 11.1. The summed E-state index contributed by atoms with van der Waals surface area (Å²) in [6, 6.07) is 0. The Hall–Kier alpha value is -0.790. The van der Waals surface area contributed by atoms with Gasteiger partial charge in [0.25, 0.3) is 0 Å². The predicted molar refractivity (Wildman–Crippen MR) is 36.8 cm³/mol. The molecule has 2 nitrogen and oxygen atoms in total. The summed E-state index contributed by atoms with van der Waals surface area (Å²) in [4.78, 5) is 0. The molecule has 1 unspecified atom stereocenters. The highest BCUT2D eigenvalue weighted by Crippen LogP contribution is 2.14. The monoisotopic (exact) mass is 125 g/mol. The molecule has 0 aromatic heterocycles. The molecule has 0 bridgehead atoms. The minimum absolute atomic E-state index is 0.378. The molecule has 50 valence electrons. The number of hydrogen-bond donors (Lipinski definition) is 1. The van der Waals surface area contributed by atoms with Gasteiger partial charge in [-0.1, -0.05) is 12.2 Å². The number of hydrogen-bond acceptors (Lipinski definition) is 2. The molecule has 9 heavy (non-hydrogen) atoms. The first-order valence-electron chi connectivity index (χ1n) is 3.27. The largest absolute Gasteiger partial charge is 0.411 e. The van der Waals surface area contributed by atoms with Gasteiger partial charge in [0, 0.05) is 5.92 Å². The van der Waals surface area contributed by atoms with Crippen LogP contribution in [0.4, 0.5) is 0 Å². The van der Waals surface area contributed by atoms with Gasteiger partial charge in [0.2, 0.25) is 0 Å². The van der Waals surface area contributed by atoms with E-state index in [-0.39, 0.29) is 0 Å². The average molecular weight is 125 g/mol. The summed E-state index contributed by atoms with van der Waals surface area (Å²) in [6.45, 7) is 0. The fraction of sp³-hybridized carbons (Fsp3) is 0.571. The van der Waals surface area contributed by atoms with E-state index in [1.807, 2.05) is 0 Å². The van der Waals surface area contributed by atoms with Gasteiger partial charge in [0.05, 0.1) is 6.21 Å². The number of rotatable bonds is 1. The van der Waals surface area contributed by atoms with Crippen LogP contribution in [0.5, 0.6) is 0 Å². The van der Waals surface area contributed by atoms with Crippen LogP contribution < -0.4 is 0 Å². The normalized spacial score (nSPS) is 27.3. The van der Waals surface area contributed by atoms with Gasteiger partial charge in [0.1, 0.15) is 0 Å². The summed E-state index contributed by atoms with van der Waals surface area (Å²) in [7, 11) is 0. The summed E-state index contributed by atoms with van der Waals surface area (Å²) < 4.78 is 0. The quantitative estimate of drug-likeness (QED) is 0.246. The summed E-state index contributed by atoms with van der Waals surface area (Å²) in [5.41, 5.74) is 0. The van der Waals surface area contributed by atoms with E-state index in [0.29, 0.717) is 5.92 Å². The third-order valence-corrected chi connectivity index (χ3v) is 1.55. The molecule has 0 amide bonds. The Morgan fingerprint density at radius 1 is 1.67 bits per heavy atom. The Balaban J connectivity index is 2.40. The van der Waals surface area contributed by atoms with Crippen molar-refractivity contribution in [1.29, 1.82) is 0 Å². The average Bonchev–Trinajstić information content (AvgIpc) is 1.91. The van der Waals surface area contributed by atoms with Crippen LogP contribution in [0, 0.1) is 5.92 Å². The molecule has 0 spiro atoms. The van der Waals surface area contributed by atoms with Crippen LogP contribution >= 0.6 is 0 Å². The second-order valence-corrected chi connectivity index (χ2v) is 2.29. The third kappa shape index (κ3) is 1.88. The molecular weight excluding hydrogens is 114 g/mol. The number of oxime groups is 1. The zero-order valence-corrected chi connectivity index (χ0v) is 5.33. The molecule has 2 heteroatoms. The van der Waals surface area contributed by atoms with E-state index < -0.39 is 0 Å². The third-order valence-electron chi connectivity index (χ3n) is 1.55. The van der Waals surface area contributed by atoms with Crippen LogP contribution in [-0.4, -0.2) is 11.4 Å². The predicted octanol–water partition coefficient (Wildman–Crippen LogP) is 1.80.